The van der Waals surface area contributed by atoms with Crippen molar-refractivity contribution in [3.63, 3.8) is 0 Å². The number of rotatable bonds is 5. The van der Waals surface area contributed by atoms with Crippen LogP contribution in [0.4, 0.5) is 4.79 Å². The monoisotopic (exact) mass is 183 g/mol. The van der Waals surface area contributed by atoms with E-state index in [-0.39, 0.29) is 0 Å². The van der Waals surface area contributed by atoms with Crippen molar-refractivity contribution < 1.29 is 14.6 Å². The van der Waals surface area contributed by atoms with Gasteiger partial charge < -0.3 is 15.6 Å². The summed E-state index contributed by atoms with van der Waals surface area (Å²) in [7, 11) is 0. The van der Waals surface area contributed by atoms with Gasteiger partial charge in [0.2, 0.25) is 0 Å². The van der Waals surface area contributed by atoms with Gasteiger partial charge >= 0.3 is 6.09 Å². The van der Waals surface area contributed by atoms with Crippen LogP contribution in [-0.4, -0.2) is 23.4 Å². The van der Waals surface area contributed by atoms with E-state index in [0.29, 0.717) is 12.8 Å². The first-order valence-electron chi connectivity index (χ1n) is 3.82. The maximum atomic E-state index is 10.4. The van der Waals surface area contributed by atoms with E-state index in [4.69, 9.17) is 12.2 Å². The molecule has 0 aromatic carbocycles. The summed E-state index contributed by atoms with van der Waals surface area (Å²) in [5, 5.41) is 9.27. The lowest BCUT2D eigenvalue weighted by molar-refractivity contribution is 0.0261. The molecule has 0 radical (unpaired) electrons. The third-order valence-corrected chi connectivity index (χ3v) is 1.46. The van der Waals surface area contributed by atoms with Crippen molar-refractivity contribution in [2.75, 3.05) is 0 Å². The molecule has 0 unspecified atom stereocenters. The van der Waals surface area contributed by atoms with Crippen molar-refractivity contribution in [3.05, 3.63) is 12.7 Å². The number of ether oxygens (including phenoxy) is 1. The Morgan fingerprint density at radius 2 is 2.46 bits per heavy atom. The van der Waals surface area contributed by atoms with Gasteiger partial charge in [0.15, 0.2) is 0 Å². The van der Waals surface area contributed by atoms with Gasteiger partial charge in [-0.3, -0.25) is 0 Å². The Morgan fingerprint density at radius 3 is 2.85 bits per heavy atom. The van der Waals surface area contributed by atoms with E-state index >= 15 is 0 Å². The van der Waals surface area contributed by atoms with Crippen molar-refractivity contribution in [2.24, 2.45) is 5.73 Å². The van der Waals surface area contributed by atoms with Gasteiger partial charge in [-0.25, -0.2) is 4.79 Å². The second kappa shape index (κ2) is 6.09. The lowest BCUT2D eigenvalue weighted by atomic mass is 10.1. The summed E-state index contributed by atoms with van der Waals surface area (Å²) in [6.45, 7) is 3.36. The Labute approximate surface area is 77.4 Å². The average Bonchev–Trinajstić information content (AvgIpc) is 2.10. The zero-order valence-corrected chi connectivity index (χ0v) is 7.27. The van der Waals surface area contributed by atoms with Crippen LogP contribution in [0.2, 0.25) is 0 Å². The highest BCUT2D eigenvalue weighted by Gasteiger charge is 2.18. The number of amides is 1. The van der Waals surface area contributed by atoms with E-state index < -0.39 is 18.3 Å². The third-order valence-electron chi connectivity index (χ3n) is 1.46. The molecule has 0 aromatic heterocycles. The van der Waals surface area contributed by atoms with Gasteiger partial charge in [0.05, 0.1) is 0 Å². The van der Waals surface area contributed by atoms with Crippen molar-refractivity contribution in [2.45, 2.75) is 25.0 Å². The molecule has 0 heterocycles. The minimum atomic E-state index is -0.930. The summed E-state index contributed by atoms with van der Waals surface area (Å²) in [5.41, 5.74) is 4.80. The highest BCUT2D eigenvalue weighted by molar-refractivity contribution is 5.64. The molecule has 3 N–H and O–H groups in total. The molecular formula is C9H13NO3. The zero-order valence-electron chi connectivity index (χ0n) is 7.27. The predicted octanol–water partition coefficient (Wildman–Crippen LogP) is 0.411. The van der Waals surface area contributed by atoms with E-state index in [1.807, 2.05) is 0 Å². The van der Waals surface area contributed by atoms with E-state index in [1.165, 1.54) is 6.08 Å². The van der Waals surface area contributed by atoms with Gasteiger partial charge in [0.1, 0.15) is 12.2 Å². The predicted molar refractivity (Wildman–Crippen MR) is 48.7 cm³/mol. The number of hydrogen-bond donors (Lipinski definition) is 2. The highest BCUT2D eigenvalue weighted by Crippen LogP contribution is 2.08. The second-order valence-electron chi connectivity index (χ2n) is 2.44. The number of carbonyl (C=O) groups excluding carboxylic acids is 1. The number of aliphatic hydroxyl groups excluding tert-OH is 1. The molecule has 0 rings (SSSR count). The number of terminal acetylenes is 1. The largest absolute Gasteiger partial charge is 0.443 e. The van der Waals surface area contributed by atoms with Crippen molar-refractivity contribution >= 4 is 6.09 Å². The number of hydrogen-bond acceptors (Lipinski definition) is 3. The van der Waals surface area contributed by atoms with Crippen molar-refractivity contribution in [1.82, 2.24) is 0 Å². The van der Waals surface area contributed by atoms with Crippen LogP contribution in [0.5, 0.6) is 0 Å². The lowest BCUT2D eigenvalue weighted by Gasteiger charge is -2.18. The Balaban J connectivity index is 4.10. The molecule has 1 amide bonds. The molecular weight excluding hydrogens is 170 g/mol. The fraction of sp³-hybridized carbons (Fsp3) is 0.444. The molecule has 0 aromatic rings. The summed E-state index contributed by atoms with van der Waals surface area (Å²) in [5.74, 6) is 2.37. The van der Waals surface area contributed by atoms with Crippen LogP contribution in [-0.2, 0) is 4.74 Å². The first-order valence-corrected chi connectivity index (χ1v) is 3.82. The summed E-state index contributed by atoms with van der Waals surface area (Å²) in [4.78, 5) is 10.4. The van der Waals surface area contributed by atoms with E-state index in [2.05, 4.69) is 17.2 Å². The standard InChI is InChI=1S/C9H13NO3/c1-3-5-6-8(7(11)4-2)13-9(10)12/h1,4,7-8,11H,2,5-6H2,(H2,10,12)/t7-,8-/m0/s1. The minimum absolute atomic E-state index is 0.368. The smallest absolute Gasteiger partial charge is 0.404 e. The van der Waals surface area contributed by atoms with E-state index in [1.54, 1.807) is 0 Å². The fourth-order valence-corrected chi connectivity index (χ4v) is 0.826. The summed E-state index contributed by atoms with van der Waals surface area (Å²) in [6.07, 6.45) is 4.50. The molecule has 2 atom stereocenters. The van der Waals surface area contributed by atoms with Gasteiger partial charge in [0, 0.05) is 6.42 Å². The molecule has 4 heteroatoms. The maximum absolute atomic E-state index is 10.4. The normalized spacial score (nSPS) is 13.8. The Morgan fingerprint density at radius 1 is 1.85 bits per heavy atom. The van der Waals surface area contributed by atoms with E-state index in [9.17, 15) is 9.90 Å². The number of carbonyl (C=O) groups is 1. The van der Waals surface area contributed by atoms with Crippen molar-refractivity contribution in [3.8, 4) is 12.3 Å². The van der Waals surface area contributed by atoms with Crippen LogP contribution in [0.15, 0.2) is 12.7 Å². The van der Waals surface area contributed by atoms with Gasteiger partial charge in [-0.05, 0) is 6.42 Å². The lowest BCUT2D eigenvalue weighted by Crippen LogP contribution is -2.32. The first kappa shape index (κ1) is 11.5. The van der Waals surface area contributed by atoms with Crippen LogP contribution in [0, 0.1) is 12.3 Å². The van der Waals surface area contributed by atoms with Crippen LogP contribution in [0.25, 0.3) is 0 Å². The average molecular weight is 183 g/mol. The van der Waals surface area contributed by atoms with Gasteiger partial charge in [-0.1, -0.05) is 6.08 Å². The SMILES string of the molecule is C#CCC[C@H](OC(N)=O)[C@@H](O)C=C. The maximum Gasteiger partial charge on any atom is 0.404 e. The number of primary amides is 1. The molecule has 0 saturated heterocycles. The molecule has 0 aliphatic carbocycles. The Kier molecular flexibility index (Phi) is 5.40. The number of aliphatic hydroxyl groups is 1. The summed E-state index contributed by atoms with van der Waals surface area (Å²) < 4.78 is 4.63. The molecule has 4 nitrogen and oxygen atoms in total. The number of nitrogens with two attached hydrogens (primary N) is 1. The molecule has 72 valence electrons. The highest BCUT2D eigenvalue weighted by atomic mass is 16.6. The Hall–Kier alpha value is -1.47. The molecule has 0 spiro atoms. The Bertz CT molecular complexity index is 219. The zero-order chi connectivity index (χ0) is 10.3. The molecule has 13 heavy (non-hydrogen) atoms. The van der Waals surface area contributed by atoms with Gasteiger partial charge in [0.25, 0.3) is 0 Å². The quantitative estimate of drug-likeness (QED) is 0.479. The van der Waals surface area contributed by atoms with Gasteiger partial charge in [-0.2, -0.15) is 0 Å². The summed E-state index contributed by atoms with van der Waals surface area (Å²) >= 11 is 0. The van der Waals surface area contributed by atoms with Crippen LogP contribution in [0.3, 0.4) is 0 Å². The summed E-state index contributed by atoms with van der Waals surface area (Å²) in [6, 6.07) is 0. The first-order chi connectivity index (χ1) is 6.11. The van der Waals surface area contributed by atoms with Gasteiger partial charge in [-0.15, -0.1) is 18.9 Å². The van der Waals surface area contributed by atoms with Crippen molar-refractivity contribution in [1.29, 1.82) is 0 Å². The van der Waals surface area contributed by atoms with Crippen LogP contribution >= 0.6 is 0 Å². The second-order valence-corrected chi connectivity index (χ2v) is 2.44. The molecule has 0 aliphatic heterocycles. The van der Waals surface area contributed by atoms with Crippen LogP contribution in [0.1, 0.15) is 12.8 Å². The topological polar surface area (TPSA) is 72.5 Å². The molecule has 0 bridgehead atoms. The van der Waals surface area contributed by atoms with Crippen LogP contribution < -0.4 is 5.73 Å². The van der Waals surface area contributed by atoms with E-state index in [0.717, 1.165) is 0 Å². The fourth-order valence-electron chi connectivity index (χ4n) is 0.826. The molecule has 0 fully saturated rings. The third kappa shape index (κ3) is 4.88. The minimum Gasteiger partial charge on any atom is -0.443 e. The molecule has 0 aliphatic rings. The molecule has 0 saturated carbocycles.